The van der Waals surface area contributed by atoms with E-state index in [9.17, 15) is 36.6 Å². The number of rotatable bonds is 9. The molecular formula is C25H23ClF3NO5S. The SMILES string of the molecule is C[C@H](Cc1ccc(S(=O)(=O)c2ccc(C(F)(F)F)cc2C(=O)O)cc1)NC[C@@H](O)c1cccc(Cl)c1. The van der Waals surface area contributed by atoms with E-state index in [-0.39, 0.29) is 17.5 Å². The van der Waals surface area contributed by atoms with Crippen LogP contribution in [0.15, 0.2) is 76.5 Å². The lowest BCUT2D eigenvalue weighted by atomic mass is 10.1. The molecule has 0 saturated heterocycles. The Balaban J connectivity index is 1.72. The van der Waals surface area contributed by atoms with Crippen molar-refractivity contribution in [3.8, 4) is 0 Å². The molecule has 0 aliphatic rings. The molecule has 36 heavy (non-hydrogen) atoms. The van der Waals surface area contributed by atoms with E-state index in [0.717, 1.165) is 5.56 Å². The summed E-state index contributed by atoms with van der Waals surface area (Å²) in [6.45, 7) is 2.15. The molecule has 0 aliphatic carbocycles. The van der Waals surface area contributed by atoms with Gasteiger partial charge in [-0.2, -0.15) is 13.2 Å². The smallest absolute Gasteiger partial charge is 0.416 e. The third kappa shape index (κ3) is 6.64. The number of hydrogen-bond acceptors (Lipinski definition) is 5. The summed E-state index contributed by atoms with van der Waals surface area (Å²) in [5.74, 6) is -1.78. The fraction of sp³-hybridized carbons (Fsp3) is 0.240. The van der Waals surface area contributed by atoms with Gasteiger partial charge in [0.05, 0.1) is 27.0 Å². The second-order valence-electron chi connectivity index (χ2n) is 8.25. The van der Waals surface area contributed by atoms with E-state index < -0.39 is 44.1 Å². The number of aliphatic hydroxyl groups excluding tert-OH is 1. The van der Waals surface area contributed by atoms with E-state index in [0.29, 0.717) is 35.2 Å². The molecule has 2 atom stereocenters. The predicted octanol–water partition coefficient (Wildman–Crippen LogP) is 5.14. The minimum absolute atomic E-state index is 0.0881. The first-order valence-electron chi connectivity index (χ1n) is 10.7. The number of nitrogens with one attached hydrogen (secondary N) is 1. The summed E-state index contributed by atoms with van der Waals surface area (Å²) in [5.41, 5.74) is -0.779. The molecule has 0 aliphatic heterocycles. The molecule has 3 aromatic rings. The van der Waals surface area contributed by atoms with Crippen molar-refractivity contribution in [2.75, 3.05) is 6.54 Å². The zero-order valence-electron chi connectivity index (χ0n) is 19.0. The van der Waals surface area contributed by atoms with Crippen molar-refractivity contribution < 1.29 is 36.6 Å². The zero-order chi connectivity index (χ0) is 26.7. The number of alkyl halides is 3. The molecule has 11 heteroatoms. The lowest BCUT2D eigenvalue weighted by Crippen LogP contribution is -2.32. The minimum atomic E-state index is -4.82. The topological polar surface area (TPSA) is 104 Å². The Labute approximate surface area is 211 Å². The molecule has 0 bridgehead atoms. The summed E-state index contributed by atoms with van der Waals surface area (Å²) in [7, 11) is -4.39. The molecule has 192 valence electrons. The predicted molar refractivity (Wildman–Crippen MR) is 128 cm³/mol. The molecule has 0 unspecified atom stereocenters. The average Bonchev–Trinajstić information content (AvgIpc) is 2.82. The van der Waals surface area contributed by atoms with E-state index in [4.69, 9.17) is 11.6 Å². The van der Waals surface area contributed by atoms with Crippen molar-refractivity contribution in [1.29, 1.82) is 0 Å². The van der Waals surface area contributed by atoms with Crippen molar-refractivity contribution in [3.05, 3.63) is 94.0 Å². The van der Waals surface area contributed by atoms with Crippen molar-refractivity contribution in [3.63, 3.8) is 0 Å². The quantitative estimate of drug-likeness (QED) is 0.346. The number of sulfone groups is 1. The van der Waals surface area contributed by atoms with Crippen molar-refractivity contribution in [2.45, 2.75) is 41.5 Å². The molecule has 0 heterocycles. The largest absolute Gasteiger partial charge is 0.478 e. The summed E-state index contributed by atoms with van der Waals surface area (Å²) in [6.07, 6.45) is -5.10. The van der Waals surface area contributed by atoms with Crippen LogP contribution in [0, 0.1) is 0 Å². The van der Waals surface area contributed by atoms with Crippen molar-refractivity contribution in [1.82, 2.24) is 5.32 Å². The second-order valence-corrected chi connectivity index (χ2v) is 10.6. The highest BCUT2D eigenvalue weighted by Gasteiger charge is 2.34. The molecule has 0 aromatic heterocycles. The maximum absolute atomic E-state index is 13.0. The fourth-order valence-corrected chi connectivity index (χ4v) is 5.24. The molecule has 0 spiro atoms. The molecule has 0 fully saturated rings. The lowest BCUT2D eigenvalue weighted by molar-refractivity contribution is -0.137. The van der Waals surface area contributed by atoms with Crippen LogP contribution in [0.5, 0.6) is 0 Å². The number of hydrogen-bond donors (Lipinski definition) is 3. The van der Waals surface area contributed by atoms with Crippen LogP contribution in [-0.2, 0) is 22.4 Å². The zero-order valence-corrected chi connectivity index (χ0v) is 20.5. The van der Waals surface area contributed by atoms with Gasteiger partial charge in [-0.15, -0.1) is 0 Å². The Kier molecular flexibility index (Phi) is 8.45. The number of carboxylic acid groups (broad SMARTS) is 1. The van der Waals surface area contributed by atoms with E-state index >= 15 is 0 Å². The van der Waals surface area contributed by atoms with Gasteiger partial charge in [0.2, 0.25) is 9.84 Å². The Morgan fingerprint density at radius 1 is 1.06 bits per heavy atom. The first-order chi connectivity index (χ1) is 16.8. The van der Waals surface area contributed by atoms with Crippen LogP contribution in [0.1, 0.15) is 40.1 Å². The molecule has 3 aromatic carbocycles. The fourth-order valence-electron chi connectivity index (χ4n) is 3.61. The highest BCUT2D eigenvalue weighted by molar-refractivity contribution is 7.91. The summed E-state index contributed by atoms with van der Waals surface area (Å²) in [4.78, 5) is 10.5. The molecule has 0 radical (unpaired) electrons. The molecule has 0 saturated carbocycles. The van der Waals surface area contributed by atoms with Gasteiger partial charge < -0.3 is 15.5 Å². The Morgan fingerprint density at radius 3 is 2.31 bits per heavy atom. The minimum Gasteiger partial charge on any atom is -0.478 e. The third-order valence-corrected chi connectivity index (χ3v) is 7.56. The van der Waals surface area contributed by atoms with Crippen LogP contribution in [0.3, 0.4) is 0 Å². The number of aromatic carboxylic acids is 1. The number of carboxylic acids is 1. The highest BCUT2D eigenvalue weighted by Crippen LogP contribution is 2.33. The van der Waals surface area contributed by atoms with Gasteiger partial charge in [0, 0.05) is 17.6 Å². The first-order valence-corrected chi connectivity index (χ1v) is 12.6. The van der Waals surface area contributed by atoms with Gasteiger partial charge in [0.15, 0.2) is 0 Å². The maximum Gasteiger partial charge on any atom is 0.416 e. The standard InChI is InChI=1S/C25H23ClF3NO5S/c1-15(30-14-22(31)17-3-2-4-19(26)12-17)11-16-5-8-20(9-6-16)36(34,35)23-10-7-18(25(27,28)29)13-21(23)24(32)33/h2-10,12-13,15,22,30-31H,11,14H2,1H3,(H,32,33)/t15-,22-/m1/s1. The van der Waals surface area contributed by atoms with E-state index in [1.54, 1.807) is 36.4 Å². The van der Waals surface area contributed by atoms with Crippen LogP contribution in [0.4, 0.5) is 13.2 Å². The normalized spacial score (nSPS) is 13.8. The Morgan fingerprint density at radius 2 is 1.72 bits per heavy atom. The summed E-state index contributed by atoms with van der Waals surface area (Å²) in [5, 5.41) is 23.4. The first kappa shape index (κ1) is 27.7. The maximum atomic E-state index is 13.0. The van der Waals surface area contributed by atoms with Crippen LogP contribution in [-0.4, -0.2) is 37.2 Å². The highest BCUT2D eigenvalue weighted by atomic mass is 35.5. The van der Waals surface area contributed by atoms with E-state index in [1.165, 1.54) is 12.1 Å². The van der Waals surface area contributed by atoms with Gasteiger partial charge in [-0.3, -0.25) is 0 Å². The van der Waals surface area contributed by atoms with Gasteiger partial charge in [-0.05, 0) is 66.9 Å². The second kappa shape index (κ2) is 11.0. The van der Waals surface area contributed by atoms with Gasteiger partial charge in [0.1, 0.15) is 0 Å². The van der Waals surface area contributed by atoms with Crippen LogP contribution >= 0.6 is 11.6 Å². The molecule has 3 rings (SSSR count). The number of halogens is 4. The Hall–Kier alpha value is -2.92. The monoisotopic (exact) mass is 541 g/mol. The number of benzene rings is 3. The van der Waals surface area contributed by atoms with Gasteiger partial charge >= 0.3 is 12.1 Å². The average molecular weight is 542 g/mol. The van der Waals surface area contributed by atoms with Gasteiger partial charge in [0.25, 0.3) is 0 Å². The molecule has 3 N–H and O–H groups in total. The molecule has 0 amide bonds. The molecular weight excluding hydrogens is 519 g/mol. The van der Waals surface area contributed by atoms with Gasteiger partial charge in [-0.25, -0.2) is 13.2 Å². The Bertz CT molecular complexity index is 1340. The van der Waals surface area contributed by atoms with Gasteiger partial charge in [-0.1, -0.05) is 35.9 Å². The van der Waals surface area contributed by atoms with E-state index in [2.05, 4.69) is 5.32 Å². The third-order valence-electron chi connectivity index (χ3n) is 5.50. The van der Waals surface area contributed by atoms with Crippen molar-refractivity contribution in [2.24, 2.45) is 0 Å². The van der Waals surface area contributed by atoms with Crippen molar-refractivity contribution >= 4 is 27.4 Å². The molecule has 6 nitrogen and oxygen atoms in total. The summed E-state index contributed by atoms with van der Waals surface area (Å²) in [6, 6.07) is 13.9. The van der Waals surface area contributed by atoms with Crippen LogP contribution < -0.4 is 5.32 Å². The van der Waals surface area contributed by atoms with Crippen LogP contribution in [0.2, 0.25) is 5.02 Å². The van der Waals surface area contributed by atoms with E-state index in [1.807, 2.05) is 6.92 Å². The summed E-state index contributed by atoms with van der Waals surface area (Å²) >= 11 is 5.94. The lowest BCUT2D eigenvalue weighted by Gasteiger charge is -2.18. The number of carbonyl (C=O) groups is 1. The summed E-state index contributed by atoms with van der Waals surface area (Å²) < 4.78 is 64.9. The van der Waals surface area contributed by atoms with Crippen LogP contribution in [0.25, 0.3) is 0 Å². The number of aliphatic hydroxyl groups is 1.